The van der Waals surface area contributed by atoms with E-state index in [-0.39, 0.29) is 30.8 Å². The van der Waals surface area contributed by atoms with Crippen LogP contribution in [0.4, 0.5) is 11.4 Å². The van der Waals surface area contributed by atoms with Crippen molar-refractivity contribution in [3.05, 3.63) is 41.1 Å². The van der Waals surface area contributed by atoms with Gasteiger partial charge in [0.2, 0.25) is 11.7 Å². The van der Waals surface area contributed by atoms with E-state index in [1.54, 1.807) is 22.3 Å². The highest BCUT2D eigenvalue weighted by atomic mass is 32.1. The maximum absolute atomic E-state index is 13.0. The Kier molecular flexibility index (Phi) is 4.21. The first-order chi connectivity index (χ1) is 12.6. The van der Waals surface area contributed by atoms with Crippen LogP contribution in [0.15, 0.2) is 41.1 Å². The third kappa shape index (κ3) is 3.08. The molecule has 0 bridgehead atoms. The number of hydrogen-bond acceptors (Lipinski definition) is 6. The van der Waals surface area contributed by atoms with Gasteiger partial charge in [-0.1, -0.05) is 12.1 Å². The number of fused-ring (bicyclic) bond motifs is 1. The Hall–Kier alpha value is -3.07. The van der Waals surface area contributed by atoms with E-state index in [0.717, 1.165) is 5.56 Å². The second-order valence-electron chi connectivity index (χ2n) is 6.04. The minimum atomic E-state index is -0.272. The molecule has 1 aromatic carbocycles. The van der Waals surface area contributed by atoms with Crippen LogP contribution < -0.4 is 10.2 Å². The first-order valence-electron chi connectivity index (χ1n) is 8.13. The van der Waals surface area contributed by atoms with Gasteiger partial charge in [0.25, 0.3) is 5.91 Å². The minimum Gasteiger partial charge on any atom is -0.324 e. The third-order valence-electron chi connectivity index (χ3n) is 4.14. The van der Waals surface area contributed by atoms with E-state index >= 15 is 0 Å². The smallest absolute Gasteiger partial charge is 0.250 e. The first kappa shape index (κ1) is 16.4. The second-order valence-corrected chi connectivity index (χ2v) is 6.82. The molecule has 3 aromatic rings. The van der Waals surface area contributed by atoms with Crippen LogP contribution in [-0.2, 0) is 16.1 Å². The molecule has 0 spiro atoms. The molecular weight excluding hydrogens is 352 g/mol. The van der Waals surface area contributed by atoms with E-state index in [4.69, 9.17) is 0 Å². The van der Waals surface area contributed by atoms with Crippen molar-refractivity contribution in [1.82, 2.24) is 20.2 Å². The van der Waals surface area contributed by atoms with Gasteiger partial charge in [-0.2, -0.15) is 16.1 Å². The number of nitrogens with one attached hydrogen (secondary N) is 1. The number of nitrogens with zero attached hydrogens (tertiary/aromatic N) is 5. The molecule has 1 unspecified atom stereocenters. The Morgan fingerprint density at radius 2 is 2.19 bits per heavy atom. The molecule has 2 amide bonds. The molecule has 26 heavy (non-hydrogen) atoms. The summed E-state index contributed by atoms with van der Waals surface area (Å²) in [4.78, 5) is 27.9. The van der Waals surface area contributed by atoms with Gasteiger partial charge in [-0.05, 0) is 35.7 Å². The Bertz CT molecular complexity index is 952. The van der Waals surface area contributed by atoms with Gasteiger partial charge in [-0.3, -0.25) is 9.59 Å². The highest BCUT2D eigenvalue weighted by Crippen LogP contribution is 2.31. The summed E-state index contributed by atoms with van der Waals surface area (Å²) in [6, 6.07) is 8.90. The fourth-order valence-corrected chi connectivity index (χ4v) is 3.62. The Morgan fingerprint density at radius 3 is 3.00 bits per heavy atom. The van der Waals surface area contributed by atoms with Crippen LogP contribution in [0.5, 0.6) is 0 Å². The molecule has 8 nitrogen and oxygen atoms in total. The maximum atomic E-state index is 13.0. The normalized spacial score (nSPS) is 16.7. The van der Waals surface area contributed by atoms with Gasteiger partial charge in [-0.15, -0.1) is 10.2 Å². The number of carbonyl (C=O) groups is 2. The first-order valence-corrected chi connectivity index (χ1v) is 9.07. The predicted octanol–water partition coefficient (Wildman–Crippen LogP) is 2.17. The lowest BCUT2D eigenvalue weighted by molar-refractivity contribution is -0.120. The maximum Gasteiger partial charge on any atom is 0.250 e. The van der Waals surface area contributed by atoms with E-state index in [9.17, 15) is 9.59 Å². The van der Waals surface area contributed by atoms with Gasteiger partial charge in [-0.25, -0.2) is 0 Å². The lowest BCUT2D eigenvalue weighted by atomic mass is 10.1. The summed E-state index contributed by atoms with van der Waals surface area (Å²) in [6.45, 7) is 1.80. The van der Waals surface area contributed by atoms with Gasteiger partial charge in [0.15, 0.2) is 0 Å². The quantitative estimate of drug-likeness (QED) is 0.765. The fraction of sp³-hybridized carbons (Fsp3) is 0.235. The molecule has 0 saturated heterocycles. The highest BCUT2D eigenvalue weighted by Gasteiger charge is 2.30. The molecular formula is C17H16N6O2S. The summed E-state index contributed by atoms with van der Waals surface area (Å²) in [5, 5.41) is 19.0. The van der Waals surface area contributed by atoms with Crippen molar-refractivity contribution < 1.29 is 9.59 Å². The topological polar surface area (TPSA) is 93.0 Å². The summed E-state index contributed by atoms with van der Waals surface area (Å²) >= 11 is 1.54. The van der Waals surface area contributed by atoms with E-state index < -0.39 is 0 Å². The summed E-state index contributed by atoms with van der Waals surface area (Å²) in [6.07, 6.45) is 0.228. The number of carbonyl (C=O) groups excluding carboxylic acids is 2. The van der Waals surface area contributed by atoms with Crippen LogP contribution in [0.1, 0.15) is 13.3 Å². The number of rotatable bonds is 3. The molecule has 3 heterocycles. The zero-order chi connectivity index (χ0) is 18.1. The number of aromatic nitrogens is 4. The number of hydrogen-bond donors (Lipinski definition) is 1. The molecule has 1 aliphatic heterocycles. The molecule has 9 heteroatoms. The third-order valence-corrected chi connectivity index (χ3v) is 4.82. The number of anilines is 2. The number of tetrazole rings is 1. The average Bonchev–Trinajstić information content (AvgIpc) is 3.25. The molecule has 0 aliphatic carbocycles. The number of thiophene rings is 1. The lowest BCUT2D eigenvalue weighted by Crippen LogP contribution is -2.41. The largest absolute Gasteiger partial charge is 0.324 e. The van der Waals surface area contributed by atoms with E-state index in [0.29, 0.717) is 17.2 Å². The van der Waals surface area contributed by atoms with Gasteiger partial charge >= 0.3 is 0 Å². The van der Waals surface area contributed by atoms with Crippen LogP contribution in [0.3, 0.4) is 0 Å². The molecule has 0 saturated carbocycles. The summed E-state index contributed by atoms with van der Waals surface area (Å²) < 4.78 is 0. The number of para-hydroxylation sites is 2. The van der Waals surface area contributed by atoms with Gasteiger partial charge < -0.3 is 10.2 Å². The van der Waals surface area contributed by atoms with Crippen LogP contribution in [0, 0.1) is 0 Å². The Balaban J connectivity index is 1.60. The standard InChI is InChI=1S/C17H16N6O2S/c1-11-8-15(24)18-13-4-2-3-5-14(13)23(11)16(25)9-22-20-17(19-21-22)12-6-7-26-10-12/h2-7,10-11H,8-9H2,1H3,(H,18,24). The van der Waals surface area contributed by atoms with Crippen molar-refractivity contribution in [2.75, 3.05) is 10.2 Å². The van der Waals surface area contributed by atoms with Gasteiger partial charge in [0.1, 0.15) is 6.54 Å². The second kappa shape index (κ2) is 6.68. The van der Waals surface area contributed by atoms with Crippen molar-refractivity contribution in [3.8, 4) is 11.4 Å². The molecule has 1 atom stereocenters. The zero-order valence-corrected chi connectivity index (χ0v) is 14.8. The highest BCUT2D eigenvalue weighted by molar-refractivity contribution is 7.08. The summed E-state index contributed by atoms with van der Waals surface area (Å²) in [5.74, 6) is 0.176. The number of benzene rings is 1. The van der Waals surface area contributed by atoms with Crippen molar-refractivity contribution in [2.24, 2.45) is 0 Å². The molecule has 0 radical (unpaired) electrons. The Labute approximate surface area is 153 Å². The van der Waals surface area contributed by atoms with Crippen molar-refractivity contribution in [3.63, 3.8) is 0 Å². The Morgan fingerprint density at radius 1 is 1.35 bits per heavy atom. The monoisotopic (exact) mass is 368 g/mol. The van der Waals surface area contributed by atoms with E-state index in [1.807, 2.05) is 41.9 Å². The number of amides is 2. The van der Waals surface area contributed by atoms with Gasteiger partial charge in [0, 0.05) is 23.4 Å². The molecule has 2 aromatic heterocycles. The van der Waals surface area contributed by atoms with Crippen LogP contribution in [-0.4, -0.2) is 38.1 Å². The summed E-state index contributed by atoms with van der Waals surface area (Å²) in [5.41, 5.74) is 2.17. The molecule has 4 rings (SSSR count). The van der Waals surface area contributed by atoms with E-state index in [1.165, 1.54) is 4.80 Å². The van der Waals surface area contributed by atoms with Crippen LogP contribution in [0.25, 0.3) is 11.4 Å². The zero-order valence-electron chi connectivity index (χ0n) is 14.0. The average molecular weight is 368 g/mol. The van der Waals surface area contributed by atoms with Crippen molar-refractivity contribution in [2.45, 2.75) is 25.9 Å². The van der Waals surface area contributed by atoms with E-state index in [2.05, 4.69) is 20.7 Å². The molecule has 1 aliphatic rings. The molecule has 0 fully saturated rings. The lowest BCUT2D eigenvalue weighted by Gasteiger charge is -2.27. The van der Waals surface area contributed by atoms with Crippen molar-refractivity contribution >= 4 is 34.5 Å². The summed E-state index contributed by atoms with van der Waals surface area (Å²) in [7, 11) is 0. The fourth-order valence-electron chi connectivity index (χ4n) is 2.98. The van der Waals surface area contributed by atoms with Crippen LogP contribution >= 0.6 is 11.3 Å². The molecule has 132 valence electrons. The predicted molar refractivity (Wildman–Crippen MR) is 97.8 cm³/mol. The van der Waals surface area contributed by atoms with Crippen LogP contribution in [0.2, 0.25) is 0 Å². The minimum absolute atomic E-state index is 0.0516. The van der Waals surface area contributed by atoms with Gasteiger partial charge in [0.05, 0.1) is 11.4 Å². The SMILES string of the molecule is CC1CC(=O)Nc2ccccc2N1C(=O)Cn1nnc(-c2ccsc2)n1. The van der Waals surface area contributed by atoms with Crippen molar-refractivity contribution in [1.29, 1.82) is 0 Å². The molecule has 1 N–H and O–H groups in total.